The van der Waals surface area contributed by atoms with Crippen LogP contribution in [0.25, 0.3) is 0 Å². The fraction of sp³-hybridized carbons (Fsp3) is 0.556. The van der Waals surface area contributed by atoms with E-state index in [1.807, 2.05) is 0 Å². The second kappa shape index (κ2) is 4.13. The van der Waals surface area contributed by atoms with Gasteiger partial charge in [0.1, 0.15) is 6.10 Å². The normalized spacial score (nSPS) is 31.6. The van der Waals surface area contributed by atoms with Gasteiger partial charge in [-0.1, -0.05) is 0 Å². The molecule has 1 fully saturated rings. The number of aliphatic hydroxyl groups is 2. The summed E-state index contributed by atoms with van der Waals surface area (Å²) in [4.78, 5) is 14.4. The first-order chi connectivity index (χ1) is 7.98. The molecule has 1 aliphatic rings. The smallest absolute Gasteiger partial charge is 0.350 e. The zero-order valence-corrected chi connectivity index (χ0v) is 8.46. The van der Waals surface area contributed by atoms with Crippen LogP contribution in [0.15, 0.2) is 17.1 Å². The molecule has 0 bridgehead atoms. The first kappa shape index (κ1) is 12.1. The maximum Gasteiger partial charge on any atom is 0.350 e. The minimum atomic E-state index is -3.68. The maximum atomic E-state index is 13.6. The number of aliphatic hydroxyl groups excluding tert-OH is 2. The van der Waals surface area contributed by atoms with Crippen molar-refractivity contribution in [3.63, 3.8) is 0 Å². The van der Waals surface area contributed by atoms with E-state index in [4.69, 9.17) is 9.84 Å². The van der Waals surface area contributed by atoms with Gasteiger partial charge in [0.05, 0.1) is 12.8 Å². The summed E-state index contributed by atoms with van der Waals surface area (Å²) in [7, 11) is 0. The fourth-order valence-corrected chi connectivity index (χ4v) is 1.62. The molecule has 0 aliphatic carbocycles. The molecule has 0 saturated carbocycles. The Morgan fingerprint density at radius 2 is 2.35 bits per heavy atom. The van der Waals surface area contributed by atoms with Crippen LogP contribution < -0.4 is 5.69 Å². The van der Waals surface area contributed by atoms with Gasteiger partial charge in [-0.25, -0.2) is 4.79 Å². The molecule has 17 heavy (non-hydrogen) atoms. The minimum Gasteiger partial charge on any atom is -0.394 e. The number of aromatic nitrogens is 2. The van der Waals surface area contributed by atoms with Crippen LogP contribution in [0.3, 0.4) is 0 Å². The molecule has 93 valence electrons. The van der Waals surface area contributed by atoms with E-state index in [2.05, 4.69) is 11.2 Å². The third-order valence-corrected chi connectivity index (χ3v) is 2.50. The van der Waals surface area contributed by atoms with Crippen LogP contribution in [0.2, 0.25) is 0 Å². The van der Waals surface area contributed by atoms with Gasteiger partial charge < -0.3 is 14.9 Å². The highest BCUT2D eigenvalue weighted by Gasteiger charge is 2.59. The van der Waals surface area contributed by atoms with Gasteiger partial charge in [0.2, 0.25) is 6.23 Å². The first-order valence-electron chi connectivity index (χ1n) is 4.76. The molecule has 3 unspecified atom stereocenters. The Bertz CT molecular complexity index is 464. The zero-order valence-electron chi connectivity index (χ0n) is 8.46. The molecule has 6 nitrogen and oxygen atoms in total. The van der Waals surface area contributed by atoms with Crippen LogP contribution >= 0.6 is 0 Å². The van der Waals surface area contributed by atoms with E-state index >= 15 is 0 Å². The predicted octanol–water partition coefficient (Wildman–Crippen LogP) is -1.07. The summed E-state index contributed by atoms with van der Waals surface area (Å²) in [5.74, 6) is -3.68. The monoisotopic (exact) mass is 247 g/mol. The second-order valence-electron chi connectivity index (χ2n) is 3.58. The number of rotatable bonds is 2. The Labute approximate surface area is 94.1 Å². The van der Waals surface area contributed by atoms with E-state index < -0.39 is 36.7 Å². The lowest BCUT2D eigenvalue weighted by Crippen LogP contribution is -2.41. The highest BCUT2D eigenvalue weighted by molar-refractivity contribution is 4.97. The summed E-state index contributed by atoms with van der Waals surface area (Å²) >= 11 is 0. The molecule has 1 aliphatic heterocycles. The number of alkyl halides is 2. The number of ether oxygens (including phenoxy) is 1. The van der Waals surface area contributed by atoms with Gasteiger partial charge in [-0.15, -0.1) is 0 Å². The zero-order chi connectivity index (χ0) is 12.6. The summed E-state index contributed by atoms with van der Waals surface area (Å²) in [5, 5.41) is 18.0. The summed E-state index contributed by atoms with van der Waals surface area (Å²) in [6, 6.07) is 1.17. The van der Waals surface area contributed by atoms with Gasteiger partial charge in [0.25, 0.3) is 0 Å². The lowest BCUT2D eigenvalue weighted by Gasteiger charge is -2.20. The van der Waals surface area contributed by atoms with Crippen molar-refractivity contribution in [3.8, 4) is 0 Å². The van der Waals surface area contributed by atoms with E-state index in [0.29, 0.717) is 4.57 Å². The summed E-state index contributed by atoms with van der Waals surface area (Å²) in [5.41, 5.74) is -0.969. The van der Waals surface area contributed by atoms with Crippen molar-refractivity contribution in [2.45, 2.75) is 24.4 Å². The Morgan fingerprint density at radius 1 is 1.65 bits per heavy atom. The van der Waals surface area contributed by atoms with Crippen molar-refractivity contribution >= 4 is 0 Å². The van der Waals surface area contributed by atoms with Crippen LogP contribution in [0.1, 0.15) is 6.23 Å². The molecule has 8 heteroatoms. The van der Waals surface area contributed by atoms with Crippen LogP contribution in [0, 0.1) is 6.20 Å². The molecule has 1 aromatic heterocycles. The van der Waals surface area contributed by atoms with Gasteiger partial charge in [-0.2, -0.15) is 13.8 Å². The number of hydrogen-bond donors (Lipinski definition) is 2. The van der Waals surface area contributed by atoms with Crippen molar-refractivity contribution < 1.29 is 23.7 Å². The maximum absolute atomic E-state index is 13.6. The highest BCUT2D eigenvalue weighted by Crippen LogP contribution is 2.41. The van der Waals surface area contributed by atoms with Crippen molar-refractivity contribution in [2.75, 3.05) is 6.61 Å². The Balaban J connectivity index is 2.41. The molecule has 1 saturated heterocycles. The molecule has 0 aromatic carbocycles. The first-order valence-corrected chi connectivity index (χ1v) is 4.76. The average molecular weight is 247 g/mol. The highest BCUT2D eigenvalue weighted by atomic mass is 19.3. The van der Waals surface area contributed by atoms with Crippen LogP contribution in [-0.4, -0.2) is 44.5 Å². The Hall–Kier alpha value is -1.38. The predicted molar refractivity (Wildman–Crippen MR) is 49.3 cm³/mol. The van der Waals surface area contributed by atoms with Gasteiger partial charge in [0.15, 0.2) is 6.10 Å². The second-order valence-corrected chi connectivity index (χ2v) is 3.58. The molecule has 2 N–H and O–H groups in total. The van der Waals surface area contributed by atoms with E-state index in [9.17, 15) is 18.7 Å². The van der Waals surface area contributed by atoms with E-state index in [0.717, 1.165) is 6.20 Å². The Kier molecular flexibility index (Phi) is 2.94. The average Bonchev–Trinajstić information content (AvgIpc) is 2.52. The number of halogens is 2. The van der Waals surface area contributed by atoms with E-state index in [1.165, 1.54) is 6.07 Å². The summed E-state index contributed by atoms with van der Waals surface area (Å²) in [6.45, 7) is -0.769. The lowest BCUT2D eigenvalue weighted by atomic mass is 10.1. The Morgan fingerprint density at radius 3 is 2.88 bits per heavy atom. The van der Waals surface area contributed by atoms with Gasteiger partial charge in [0, 0.05) is 6.20 Å². The summed E-state index contributed by atoms with van der Waals surface area (Å²) < 4.78 is 32.6. The van der Waals surface area contributed by atoms with Crippen molar-refractivity contribution in [2.24, 2.45) is 0 Å². The quantitative estimate of drug-likeness (QED) is 0.695. The standard InChI is InChI=1S/C9H9F2N2O4/c10-9(11)6(15)5(4-14)17-7(9)13-3-1-2-12-8(13)16/h1,3,5-7,14-15H,4H2. The molecule has 1 radical (unpaired) electrons. The van der Waals surface area contributed by atoms with Gasteiger partial charge in [-0.3, -0.25) is 4.57 Å². The molecule has 3 atom stereocenters. The third kappa shape index (κ3) is 1.84. The van der Waals surface area contributed by atoms with Crippen LogP contribution in [0.4, 0.5) is 8.78 Å². The van der Waals surface area contributed by atoms with Gasteiger partial charge in [-0.05, 0) is 6.07 Å². The molecule has 1 aromatic rings. The SMILES string of the molecule is O=c1n[c]ccn1C1OC(CO)C(O)C1(F)F. The van der Waals surface area contributed by atoms with Crippen molar-refractivity contribution in [3.05, 3.63) is 28.9 Å². The van der Waals surface area contributed by atoms with E-state index in [-0.39, 0.29) is 0 Å². The number of hydrogen-bond acceptors (Lipinski definition) is 5. The van der Waals surface area contributed by atoms with Crippen molar-refractivity contribution in [1.29, 1.82) is 0 Å². The van der Waals surface area contributed by atoms with Gasteiger partial charge >= 0.3 is 11.6 Å². The molecule has 0 spiro atoms. The number of nitrogens with zero attached hydrogens (tertiary/aromatic N) is 2. The lowest BCUT2D eigenvalue weighted by molar-refractivity contribution is -0.141. The molecule has 2 heterocycles. The molecular weight excluding hydrogens is 238 g/mol. The largest absolute Gasteiger partial charge is 0.394 e. The topological polar surface area (TPSA) is 84.6 Å². The third-order valence-electron chi connectivity index (χ3n) is 2.50. The minimum absolute atomic E-state index is 0.551. The van der Waals surface area contributed by atoms with E-state index in [1.54, 1.807) is 0 Å². The molecule has 2 rings (SSSR count). The van der Waals surface area contributed by atoms with Crippen molar-refractivity contribution in [1.82, 2.24) is 9.55 Å². The van der Waals surface area contributed by atoms with Crippen LogP contribution in [-0.2, 0) is 4.74 Å². The molecular formula is C9H9F2N2O4. The molecule has 0 amide bonds. The van der Waals surface area contributed by atoms with Crippen LogP contribution in [0.5, 0.6) is 0 Å². The fourth-order valence-electron chi connectivity index (χ4n) is 1.62. The summed E-state index contributed by atoms with van der Waals surface area (Å²) in [6.07, 6.45) is -2.37.